The molecular weight excluding hydrogens is 211 g/mol. The average Bonchev–Trinajstić information content (AvgIpc) is 2.06. The van der Waals surface area contributed by atoms with Gasteiger partial charge in [-0.15, -0.1) is 24.0 Å². The standard InChI is InChI=1S/C8H9ClN2O.ClH/c9-4-3-8(12)11-7-2-1-5-10-6-7;/h1-2,5-6H,3-4H2,(H,11,12);1H. The molecule has 1 aromatic heterocycles. The van der Waals surface area contributed by atoms with Gasteiger partial charge < -0.3 is 5.32 Å². The number of amides is 1. The molecule has 0 saturated heterocycles. The van der Waals surface area contributed by atoms with E-state index in [0.717, 1.165) is 0 Å². The minimum atomic E-state index is -0.0852. The van der Waals surface area contributed by atoms with Crippen molar-refractivity contribution in [1.82, 2.24) is 4.98 Å². The van der Waals surface area contributed by atoms with E-state index in [0.29, 0.717) is 18.0 Å². The molecule has 1 heterocycles. The predicted octanol–water partition coefficient (Wildman–Crippen LogP) is 2.07. The van der Waals surface area contributed by atoms with Crippen molar-refractivity contribution in [2.45, 2.75) is 6.42 Å². The molecule has 0 aromatic carbocycles. The number of pyridine rings is 1. The van der Waals surface area contributed by atoms with E-state index < -0.39 is 0 Å². The van der Waals surface area contributed by atoms with Crippen molar-refractivity contribution >= 4 is 35.6 Å². The minimum absolute atomic E-state index is 0. The maximum atomic E-state index is 11.0. The third kappa shape index (κ3) is 4.70. The zero-order valence-corrected chi connectivity index (χ0v) is 8.44. The van der Waals surface area contributed by atoms with Gasteiger partial charge in [0.15, 0.2) is 0 Å². The lowest BCUT2D eigenvalue weighted by atomic mass is 10.4. The fourth-order valence-corrected chi connectivity index (χ4v) is 0.918. The molecule has 13 heavy (non-hydrogen) atoms. The Morgan fingerprint density at radius 1 is 1.62 bits per heavy atom. The summed E-state index contributed by atoms with van der Waals surface area (Å²) in [4.78, 5) is 14.8. The molecule has 0 radical (unpaired) electrons. The largest absolute Gasteiger partial charge is 0.325 e. The second-order valence-electron chi connectivity index (χ2n) is 2.23. The molecule has 3 nitrogen and oxygen atoms in total. The Kier molecular flexibility index (Phi) is 6.28. The highest BCUT2D eigenvalue weighted by Crippen LogP contribution is 2.02. The maximum Gasteiger partial charge on any atom is 0.225 e. The van der Waals surface area contributed by atoms with Gasteiger partial charge in [0.2, 0.25) is 5.91 Å². The Morgan fingerprint density at radius 2 is 2.38 bits per heavy atom. The number of anilines is 1. The van der Waals surface area contributed by atoms with E-state index in [4.69, 9.17) is 11.6 Å². The number of carbonyl (C=O) groups excluding carboxylic acids is 1. The summed E-state index contributed by atoms with van der Waals surface area (Å²) in [6.45, 7) is 0. The fraction of sp³-hybridized carbons (Fsp3) is 0.250. The zero-order chi connectivity index (χ0) is 8.81. The molecule has 1 amide bonds. The van der Waals surface area contributed by atoms with Gasteiger partial charge in [-0.1, -0.05) is 0 Å². The summed E-state index contributed by atoms with van der Waals surface area (Å²) in [6, 6.07) is 3.54. The molecule has 0 fully saturated rings. The zero-order valence-electron chi connectivity index (χ0n) is 6.87. The highest BCUT2D eigenvalue weighted by atomic mass is 35.5. The molecule has 5 heteroatoms. The Morgan fingerprint density at radius 3 is 2.92 bits per heavy atom. The second kappa shape index (κ2) is 6.69. The molecule has 0 bridgehead atoms. The van der Waals surface area contributed by atoms with Gasteiger partial charge in [-0.05, 0) is 12.1 Å². The molecule has 1 aromatic rings. The third-order valence-corrected chi connectivity index (χ3v) is 1.46. The molecule has 0 atom stereocenters. The molecule has 0 spiro atoms. The van der Waals surface area contributed by atoms with E-state index in [1.165, 1.54) is 0 Å². The summed E-state index contributed by atoms with van der Waals surface area (Å²) in [6.07, 6.45) is 3.57. The van der Waals surface area contributed by atoms with Crippen molar-refractivity contribution in [1.29, 1.82) is 0 Å². The summed E-state index contributed by atoms with van der Waals surface area (Å²) >= 11 is 5.39. The van der Waals surface area contributed by atoms with Gasteiger partial charge in [-0.25, -0.2) is 0 Å². The minimum Gasteiger partial charge on any atom is -0.325 e. The van der Waals surface area contributed by atoms with Crippen molar-refractivity contribution in [3.05, 3.63) is 24.5 Å². The highest BCUT2D eigenvalue weighted by molar-refractivity contribution is 6.19. The molecule has 0 unspecified atom stereocenters. The van der Waals surface area contributed by atoms with E-state index in [9.17, 15) is 4.79 Å². The van der Waals surface area contributed by atoms with Gasteiger partial charge in [-0.2, -0.15) is 0 Å². The van der Waals surface area contributed by atoms with Crippen LogP contribution in [0.2, 0.25) is 0 Å². The normalized spacial score (nSPS) is 8.69. The molecule has 72 valence electrons. The van der Waals surface area contributed by atoms with Crippen LogP contribution in [0.25, 0.3) is 0 Å². The lowest BCUT2D eigenvalue weighted by molar-refractivity contribution is -0.115. The van der Waals surface area contributed by atoms with Crippen LogP contribution in [0.4, 0.5) is 5.69 Å². The van der Waals surface area contributed by atoms with Crippen LogP contribution < -0.4 is 5.32 Å². The van der Waals surface area contributed by atoms with Gasteiger partial charge >= 0.3 is 0 Å². The number of nitrogens with one attached hydrogen (secondary N) is 1. The van der Waals surface area contributed by atoms with Gasteiger partial charge in [0.05, 0.1) is 11.9 Å². The molecule has 1 N–H and O–H groups in total. The number of halogens is 2. The van der Waals surface area contributed by atoms with Crippen LogP contribution in [0.1, 0.15) is 6.42 Å². The molecule has 0 aliphatic rings. The molecule has 0 aliphatic heterocycles. The van der Waals surface area contributed by atoms with E-state index in [2.05, 4.69) is 10.3 Å². The average molecular weight is 221 g/mol. The molecule has 0 saturated carbocycles. The van der Waals surface area contributed by atoms with Crippen LogP contribution in [0.5, 0.6) is 0 Å². The van der Waals surface area contributed by atoms with Gasteiger partial charge in [0.25, 0.3) is 0 Å². The van der Waals surface area contributed by atoms with Gasteiger partial charge in [-0.3, -0.25) is 9.78 Å². The van der Waals surface area contributed by atoms with Crippen LogP contribution in [-0.2, 0) is 4.79 Å². The summed E-state index contributed by atoms with van der Waals surface area (Å²) in [5, 5.41) is 2.66. The van der Waals surface area contributed by atoms with E-state index >= 15 is 0 Å². The van der Waals surface area contributed by atoms with Crippen molar-refractivity contribution < 1.29 is 4.79 Å². The number of hydrogen-bond donors (Lipinski definition) is 1. The third-order valence-electron chi connectivity index (χ3n) is 1.27. The first-order valence-corrected chi connectivity index (χ1v) is 4.12. The SMILES string of the molecule is Cl.O=C(CCCl)Nc1cccnc1. The summed E-state index contributed by atoms with van der Waals surface area (Å²) in [5.74, 6) is 0.254. The Balaban J connectivity index is 0.00000144. The lowest BCUT2D eigenvalue weighted by Crippen LogP contribution is -2.11. The Bertz CT molecular complexity index is 254. The summed E-state index contributed by atoms with van der Waals surface area (Å²) in [5.41, 5.74) is 0.701. The number of aromatic nitrogens is 1. The molecule has 0 aliphatic carbocycles. The quantitative estimate of drug-likeness (QED) is 0.794. The highest BCUT2D eigenvalue weighted by Gasteiger charge is 1.99. The van der Waals surface area contributed by atoms with Crippen molar-refractivity contribution in [3.63, 3.8) is 0 Å². The van der Waals surface area contributed by atoms with Crippen molar-refractivity contribution in [2.75, 3.05) is 11.2 Å². The first-order chi connectivity index (χ1) is 5.83. The van der Waals surface area contributed by atoms with Crippen molar-refractivity contribution in [3.8, 4) is 0 Å². The van der Waals surface area contributed by atoms with Crippen molar-refractivity contribution in [2.24, 2.45) is 0 Å². The number of nitrogens with zero attached hydrogens (tertiary/aromatic N) is 1. The monoisotopic (exact) mass is 220 g/mol. The van der Waals surface area contributed by atoms with Gasteiger partial charge in [0, 0.05) is 18.5 Å². The Hall–Kier alpha value is -0.800. The van der Waals surface area contributed by atoms with Crippen LogP contribution in [0.15, 0.2) is 24.5 Å². The molecular formula is C8H10Cl2N2O. The summed E-state index contributed by atoms with van der Waals surface area (Å²) in [7, 11) is 0. The second-order valence-corrected chi connectivity index (χ2v) is 2.61. The molecule has 1 rings (SSSR count). The van der Waals surface area contributed by atoms with Crippen LogP contribution in [0.3, 0.4) is 0 Å². The first kappa shape index (κ1) is 12.2. The number of alkyl halides is 1. The smallest absolute Gasteiger partial charge is 0.225 e. The fourth-order valence-electron chi connectivity index (χ4n) is 0.746. The van der Waals surface area contributed by atoms with Crippen LogP contribution in [-0.4, -0.2) is 16.8 Å². The lowest BCUT2D eigenvalue weighted by Gasteiger charge is -2.01. The summed E-state index contributed by atoms with van der Waals surface area (Å²) < 4.78 is 0. The number of carbonyl (C=O) groups is 1. The predicted molar refractivity (Wildman–Crippen MR) is 55.5 cm³/mol. The van der Waals surface area contributed by atoms with E-state index in [1.54, 1.807) is 24.5 Å². The Labute approximate surface area is 87.9 Å². The topological polar surface area (TPSA) is 42.0 Å². The van der Waals surface area contributed by atoms with Crippen LogP contribution >= 0.6 is 24.0 Å². The van der Waals surface area contributed by atoms with Crippen LogP contribution in [0, 0.1) is 0 Å². The van der Waals surface area contributed by atoms with E-state index in [-0.39, 0.29) is 18.3 Å². The number of hydrogen-bond acceptors (Lipinski definition) is 2. The maximum absolute atomic E-state index is 11.0. The van der Waals surface area contributed by atoms with Gasteiger partial charge in [0.1, 0.15) is 0 Å². The number of rotatable bonds is 3. The van der Waals surface area contributed by atoms with E-state index in [1.807, 2.05) is 0 Å². The first-order valence-electron chi connectivity index (χ1n) is 3.59.